The summed E-state index contributed by atoms with van der Waals surface area (Å²) in [5.41, 5.74) is -0.995. The molecule has 9 heteroatoms. The number of nitrogens with zero attached hydrogens (tertiary/aromatic N) is 1. The molecule has 0 spiro atoms. The Kier molecular flexibility index (Phi) is 4.82. The van der Waals surface area contributed by atoms with Crippen LogP contribution < -0.4 is 0 Å². The van der Waals surface area contributed by atoms with Crippen LogP contribution in [0.4, 0.5) is 13.2 Å². The molecule has 0 aromatic heterocycles. The van der Waals surface area contributed by atoms with Crippen LogP contribution >= 0.6 is 11.6 Å². The molecule has 1 atom stereocenters. The lowest BCUT2D eigenvalue weighted by Crippen LogP contribution is -2.46. The lowest BCUT2D eigenvalue weighted by atomic mass is 10.2. The van der Waals surface area contributed by atoms with Gasteiger partial charge in [-0.1, -0.05) is 6.07 Å². The smallest absolute Gasteiger partial charge is 0.374 e. The van der Waals surface area contributed by atoms with E-state index in [9.17, 15) is 21.6 Å². The first-order chi connectivity index (χ1) is 9.75. The van der Waals surface area contributed by atoms with Crippen LogP contribution in [0.3, 0.4) is 0 Å². The topological polar surface area (TPSA) is 46.6 Å². The van der Waals surface area contributed by atoms with Gasteiger partial charge in [0.05, 0.1) is 23.2 Å². The Morgan fingerprint density at radius 2 is 2.10 bits per heavy atom. The van der Waals surface area contributed by atoms with Gasteiger partial charge in [0, 0.05) is 19.0 Å². The Balaban J connectivity index is 2.31. The molecule has 1 saturated heterocycles. The Morgan fingerprint density at radius 1 is 1.38 bits per heavy atom. The fourth-order valence-corrected chi connectivity index (χ4v) is 3.67. The summed E-state index contributed by atoms with van der Waals surface area (Å²) in [5.74, 6) is 0.120. The van der Waals surface area contributed by atoms with E-state index in [2.05, 4.69) is 0 Å². The fourth-order valence-electron chi connectivity index (χ4n) is 1.99. The van der Waals surface area contributed by atoms with Crippen LogP contribution in [0.15, 0.2) is 29.2 Å². The summed E-state index contributed by atoms with van der Waals surface area (Å²) < 4.78 is 69.1. The first kappa shape index (κ1) is 16.5. The van der Waals surface area contributed by atoms with Gasteiger partial charge in [0.2, 0.25) is 10.0 Å². The molecule has 0 saturated carbocycles. The number of hydrogen-bond acceptors (Lipinski definition) is 3. The molecule has 1 fully saturated rings. The highest BCUT2D eigenvalue weighted by Gasteiger charge is 2.34. The molecule has 0 bridgehead atoms. The second-order valence-corrected chi connectivity index (χ2v) is 6.78. The second kappa shape index (κ2) is 6.12. The molecule has 21 heavy (non-hydrogen) atoms. The van der Waals surface area contributed by atoms with Gasteiger partial charge in [-0.2, -0.15) is 17.5 Å². The molecule has 4 nitrogen and oxygen atoms in total. The average molecular weight is 344 g/mol. The largest absolute Gasteiger partial charge is 0.416 e. The van der Waals surface area contributed by atoms with Gasteiger partial charge in [0.1, 0.15) is 0 Å². The molecule has 0 radical (unpaired) electrons. The molecule has 1 aromatic rings. The van der Waals surface area contributed by atoms with Crippen LogP contribution in [-0.2, 0) is 20.9 Å². The van der Waals surface area contributed by atoms with E-state index in [1.165, 1.54) is 0 Å². The van der Waals surface area contributed by atoms with Gasteiger partial charge in [-0.05, 0) is 18.2 Å². The van der Waals surface area contributed by atoms with E-state index in [0.717, 1.165) is 22.5 Å². The molecule has 118 valence electrons. The lowest BCUT2D eigenvalue weighted by Gasteiger charge is -2.31. The summed E-state index contributed by atoms with van der Waals surface area (Å²) >= 11 is 5.63. The highest BCUT2D eigenvalue weighted by molar-refractivity contribution is 7.89. The summed E-state index contributed by atoms with van der Waals surface area (Å²) in [4.78, 5) is -0.382. The highest BCUT2D eigenvalue weighted by Crippen LogP contribution is 2.31. The summed E-state index contributed by atoms with van der Waals surface area (Å²) in [7, 11) is -3.99. The zero-order valence-electron chi connectivity index (χ0n) is 10.8. The average Bonchev–Trinajstić information content (AvgIpc) is 2.46. The number of ether oxygens (including phenoxy) is 1. The van der Waals surface area contributed by atoms with Crippen molar-refractivity contribution in [3.8, 4) is 0 Å². The molecule has 0 N–H and O–H groups in total. The van der Waals surface area contributed by atoms with Crippen molar-refractivity contribution in [2.75, 3.05) is 25.6 Å². The van der Waals surface area contributed by atoms with E-state index in [0.29, 0.717) is 6.07 Å². The van der Waals surface area contributed by atoms with Crippen molar-refractivity contribution < 1.29 is 26.3 Å². The molecule has 1 aliphatic rings. The summed E-state index contributed by atoms with van der Waals surface area (Å²) in [6.45, 7) is 0.281. The van der Waals surface area contributed by atoms with Crippen LogP contribution in [0.2, 0.25) is 0 Å². The molecule has 1 aliphatic heterocycles. The van der Waals surface area contributed by atoms with E-state index in [1.807, 2.05) is 0 Å². The maximum atomic E-state index is 12.7. The molecule has 1 aromatic carbocycles. The quantitative estimate of drug-likeness (QED) is 0.791. The van der Waals surface area contributed by atoms with Crippen LogP contribution in [0.25, 0.3) is 0 Å². The van der Waals surface area contributed by atoms with Gasteiger partial charge in [-0.3, -0.25) is 0 Å². The summed E-state index contributed by atoms with van der Waals surface area (Å²) in [6, 6.07) is 3.70. The fraction of sp³-hybridized carbons (Fsp3) is 0.500. The number of benzene rings is 1. The van der Waals surface area contributed by atoms with Crippen LogP contribution in [0.5, 0.6) is 0 Å². The van der Waals surface area contributed by atoms with Gasteiger partial charge < -0.3 is 4.74 Å². The van der Waals surface area contributed by atoms with Crippen molar-refractivity contribution in [1.29, 1.82) is 0 Å². The predicted octanol–water partition coefficient (Wildman–Crippen LogP) is 2.33. The SMILES string of the molecule is O=S(=O)(c1cccc(C(F)(F)F)c1)N1CCOC(CCl)C1. The number of rotatable bonds is 3. The number of sulfonamides is 1. The van der Waals surface area contributed by atoms with E-state index in [4.69, 9.17) is 16.3 Å². The number of halogens is 4. The van der Waals surface area contributed by atoms with Gasteiger partial charge in [-0.15, -0.1) is 11.6 Å². The van der Waals surface area contributed by atoms with Crippen molar-refractivity contribution in [1.82, 2.24) is 4.31 Å². The molecular formula is C12H13ClF3NO3S. The van der Waals surface area contributed by atoms with E-state index < -0.39 is 27.9 Å². The maximum absolute atomic E-state index is 12.7. The van der Waals surface area contributed by atoms with Crippen molar-refractivity contribution >= 4 is 21.6 Å². The molecule has 1 heterocycles. The number of alkyl halides is 4. The number of morpholine rings is 1. The van der Waals surface area contributed by atoms with Gasteiger partial charge >= 0.3 is 6.18 Å². The second-order valence-electron chi connectivity index (χ2n) is 4.54. The highest BCUT2D eigenvalue weighted by atomic mass is 35.5. The minimum atomic E-state index is -4.59. The van der Waals surface area contributed by atoms with E-state index in [1.54, 1.807) is 0 Å². The summed E-state index contributed by atoms with van der Waals surface area (Å²) in [6.07, 6.45) is -5.05. The lowest BCUT2D eigenvalue weighted by molar-refractivity contribution is -0.137. The minimum absolute atomic E-state index is 0.0298. The van der Waals surface area contributed by atoms with Crippen molar-refractivity contribution in [3.63, 3.8) is 0 Å². The predicted molar refractivity (Wildman–Crippen MR) is 70.7 cm³/mol. The Bertz CT molecular complexity index is 606. The molecular weight excluding hydrogens is 331 g/mol. The van der Waals surface area contributed by atoms with Gasteiger partial charge in [-0.25, -0.2) is 8.42 Å². The Morgan fingerprint density at radius 3 is 2.71 bits per heavy atom. The monoisotopic (exact) mass is 343 g/mol. The van der Waals surface area contributed by atoms with Crippen molar-refractivity contribution in [2.24, 2.45) is 0 Å². The first-order valence-corrected chi connectivity index (χ1v) is 8.07. The Labute approximate surface area is 125 Å². The molecule has 2 rings (SSSR count). The van der Waals surface area contributed by atoms with Crippen molar-refractivity contribution in [3.05, 3.63) is 29.8 Å². The maximum Gasteiger partial charge on any atom is 0.416 e. The first-order valence-electron chi connectivity index (χ1n) is 6.10. The zero-order chi connectivity index (χ0) is 15.7. The third kappa shape index (κ3) is 3.68. The third-order valence-corrected chi connectivity index (χ3v) is 5.28. The normalized spacial score (nSPS) is 21.4. The van der Waals surface area contributed by atoms with Crippen LogP contribution in [-0.4, -0.2) is 44.4 Å². The summed E-state index contributed by atoms with van der Waals surface area (Å²) in [5, 5.41) is 0. The van der Waals surface area contributed by atoms with E-state index in [-0.39, 0.29) is 30.5 Å². The van der Waals surface area contributed by atoms with Crippen molar-refractivity contribution in [2.45, 2.75) is 17.2 Å². The van der Waals surface area contributed by atoms with E-state index >= 15 is 0 Å². The standard InChI is InChI=1S/C12H13ClF3NO3S/c13-7-10-8-17(4-5-20-10)21(18,19)11-3-1-2-9(6-11)12(14,15)16/h1-3,6,10H,4-5,7-8H2. The van der Waals surface area contributed by atoms with Crippen LogP contribution in [0.1, 0.15) is 5.56 Å². The Hall–Kier alpha value is -0.830. The van der Waals surface area contributed by atoms with Gasteiger partial charge in [0.15, 0.2) is 0 Å². The third-order valence-electron chi connectivity index (χ3n) is 3.07. The molecule has 0 amide bonds. The van der Waals surface area contributed by atoms with Gasteiger partial charge in [0.25, 0.3) is 0 Å². The molecule has 0 aliphatic carbocycles. The molecule has 1 unspecified atom stereocenters. The van der Waals surface area contributed by atoms with Crippen LogP contribution in [0, 0.1) is 0 Å². The minimum Gasteiger partial charge on any atom is -0.374 e. The zero-order valence-corrected chi connectivity index (χ0v) is 12.4. The number of hydrogen-bond donors (Lipinski definition) is 0.